The number of esters is 1. The van der Waals surface area contributed by atoms with Crippen molar-refractivity contribution in [3.05, 3.63) is 0 Å². The van der Waals surface area contributed by atoms with Crippen LogP contribution in [0.5, 0.6) is 0 Å². The molecule has 3 heteroatoms. The Bertz CT molecular complexity index is 323. The molecule has 1 heterocycles. The molecule has 124 valence electrons. The number of nitrogens with zero attached hydrogens (tertiary/aromatic N) is 1. The topological polar surface area (TPSA) is 26.3 Å². The lowest BCUT2D eigenvalue weighted by Crippen LogP contribution is -2.56. The Balaban J connectivity index is 2.59. The van der Waals surface area contributed by atoms with E-state index in [2.05, 4.69) is 27.8 Å². The van der Waals surface area contributed by atoms with Crippen LogP contribution in [0.25, 0.3) is 0 Å². The van der Waals surface area contributed by atoms with Crippen molar-refractivity contribution in [1.29, 1.82) is 0 Å². The summed E-state index contributed by atoms with van der Waals surface area (Å²) in [5.74, 6) is 0.0268. The Morgan fingerprint density at radius 3 is 2.38 bits per heavy atom. The van der Waals surface area contributed by atoms with E-state index in [1.165, 1.54) is 32.4 Å². The number of rotatable bonds is 8. The molecule has 1 aliphatic rings. The fourth-order valence-electron chi connectivity index (χ4n) is 3.43. The minimum Gasteiger partial charge on any atom is -0.453 e. The molecule has 0 aliphatic carbocycles. The number of ether oxygens (including phenoxy) is 1. The van der Waals surface area contributed by atoms with Crippen LogP contribution in [0.2, 0.25) is 0 Å². The summed E-state index contributed by atoms with van der Waals surface area (Å²) in [4.78, 5) is 12.3. The standard InChI is InChI=1S/C18H36NO2/c1-6-8-12-16(3)17(20)21-18(4,7-2)15-19(5)13-10-9-11-14-19/h16H,6-15H2,1-5H3/q+1. The van der Waals surface area contributed by atoms with E-state index in [1.807, 2.05) is 6.92 Å². The Morgan fingerprint density at radius 1 is 1.24 bits per heavy atom. The SMILES string of the molecule is CCCCC(C)C(=O)OC(C)(CC)C[N+]1(C)CCCCC1. The van der Waals surface area contributed by atoms with Crippen LogP contribution in [0, 0.1) is 5.92 Å². The van der Waals surface area contributed by atoms with E-state index < -0.39 is 0 Å². The summed E-state index contributed by atoms with van der Waals surface area (Å²) in [5.41, 5.74) is -0.316. The van der Waals surface area contributed by atoms with Gasteiger partial charge in [-0.1, -0.05) is 33.6 Å². The highest BCUT2D eigenvalue weighted by atomic mass is 16.6. The number of carbonyl (C=O) groups is 1. The minimum atomic E-state index is -0.316. The van der Waals surface area contributed by atoms with E-state index in [4.69, 9.17) is 4.74 Å². The number of unbranched alkanes of at least 4 members (excludes halogenated alkanes) is 1. The summed E-state index contributed by atoms with van der Waals surface area (Å²) in [6.07, 6.45) is 8.04. The molecule has 0 saturated carbocycles. The first-order chi connectivity index (χ1) is 9.84. The van der Waals surface area contributed by atoms with Gasteiger partial charge in [0.05, 0.1) is 26.1 Å². The smallest absolute Gasteiger partial charge is 0.309 e. The molecule has 0 bridgehead atoms. The number of likely N-dealkylation sites (tertiary alicyclic amines) is 1. The van der Waals surface area contributed by atoms with Gasteiger partial charge in [-0.3, -0.25) is 4.79 Å². The van der Waals surface area contributed by atoms with E-state index in [0.29, 0.717) is 0 Å². The molecule has 0 aromatic heterocycles. The quantitative estimate of drug-likeness (QED) is 0.497. The van der Waals surface area contributed by atoms with Crippen LogP contribution in [-0.4, -0.2) is 42.7 Å². The average Bonchev–Trinajstić information content (AvgIpc) is 2.44. The van der Waals surface area contributed by atoms with Gasteiger partial charge in [-0.15, -0.1) is 0 Å². The van der Waals surface area contributed by atoms with E-state index in [9.17, 15) is 4.79 Å². The van der Waals surface area contributed by atoms with E-state index >= 15 is 0 Å². The van der Waals surface area contributed by atoms with Crippen LogP contribution in [0.1, 0.15) is 72.6 Å². The Morgan fingerprint density at radius 2 is 1.86 bits per heavy atom. The van der Waals surface area contributed by atoms with E-state index in [1.54, 1.807) is 0 Å². The minimum absolute atomic E-state index is 0.00332. The largest absolute Gasteiger partial charge is 0.453 e. The number of likely N-dealkylation sites (N-methyl/N-ethyl adjacent to an activating group) is 1. The zero-order chi connectivity index (χ0) is 15.9. The summed E-state index contributed by atoms with van der Waals surface area (Å²) < 4.78 is 7.02. The first-order valence-corrected chi connectivity index (χ1v) is 8.90. The highest BCUT2D eigenvalue weighted by Gasteiger charge is 2.38. The van der Waals surface area contributed by atoms with E-state index in [-0.39, 0.29) is 17.5 Å². The molecular weight excluding hydrogens is 262 g/mol. The van der Waals surface area contributed by atoms with Crippen LogP contribution in [-0.2, 0) is 9.53 Å². The van der Waals surface area contributed by atoms with Crippen molar-refractivity contribution >= 4 is 5.97 Å². The lowest BCUT2D eigenvalue weighted by atomic mass is 9.97. The summed E-state index contributed by atoms with van der Waals surface area (Å²) in [6, 6.07) is 0. The van der Waals surface area contributed by atoms with Crippen LogP contribution >= 0.6 is 0 Å². The fourth-order valence-corrected chi connectivity index (χ4v) is 3.43. The maximum absolute atomic E-state index is 12.3. The number of hydrogen-bond acceptors (Lipinski definition) is 2. The maximum Gasteiger partial charge on any atom is 0.309 e. The highest BCUT2D eigenvalue weighted by molar-refractivity contribution is 5.72. The van der Waals surface area contributed by atoms with Gasteiger partial charge in [0.15, 0.2) is 5.60 Å². The molecule has 1 aliphatic heterocycles. The van der Waals surface area contributed by atoms with Crippen molar-refractivity contribution in [2.24, 2.45) is 5.92 Å². The van der Waals surface area contributed by atoms with Crippen molar-refractivity contribution in [3.8, 4) is 0 Å². The monoisotopic (exact) mass is 298 g/mol. The molecule has 0 aromatic carbocycles. The molecule has 0 spiro atoms. The second-order valence-corrected chi connectivity index (χ2v) is 7.55. The molecular formula is C18H36NO2+. The van der Waals surface area contributed by atoms with Gasteiger partial charge < -0.3 is 9.22 Å². The lowest BCUT2D eigenvalue weighted by molar-refractivity contribution is -0.919. The zero-order valence-corrected chi connectivity index (χ0v) is 14.9. The normalized spacial score (nSPS) is 22.3. The Kier molecular flexibility index (Phi) is 7.19. The third-order valence-corrected chi connectivity index (χ3v) is 5.10. The van der Waals surface area contributed by atoms with Gasteiger partial charge in [0.25, 0.3) is 0 Å². The molecule has 2 atom stereocenters. The third-order valence-electron chi connectivity index (χ3n) is 5.10. The first kappa shape index (κ1) is 18.5. The summed E-state index contributed by atoms with van der Waals surface area (Å²) in [7, 11) is 2.32. The molecule has 0 amide bonds. The van der Waals surface area contributed by atoms with Gasteiger partial charge >= 0.3 is 5.97 Å². The van der Waals surface area contributed by atoms with Crippen LogP contribution in [0.4, 0.5) is 0 Å². The highest BCUT2D eigenvalue weighted by Crippen LogP contribution is 2.26. The van der Waals surface area contributed by atoms with Gasteiger partial charge in [0.2, 0.25) is 0 Å². The van der Waals surface area contributed by atoms with Crippen molar-refractivity contribution in [2.45, 2.75) is 78.2 Å². The molecule has 21 heavy (non-hydrogen) atoms. The van der Waals surface area contributed by atoms with Gasteiger partial charge in [-0.05, 0) is 39.0 Å². The molecule has 0 radical (unpaired) electrons. The van der Waals surface area contributed by atoms with Crippen molar-refractivity contribution in [2.75, 3.05) is 26.7 Å². The Hall–Kier alpha value is -0.570. The molecule has 3 nitrogen and oxygen atoms in total. The lowest BCUT2D eigenvalue weighted by Gasteiger charge is -2.43. The van der Waals surface area contributed by atoms with Gasteiger partial charge in [0, 0.05) is 0 Å². The van der Waals surface area contributed by atoms with Crippen LogP contribution in [0.15, 0.2) is 0 Å². The summed E-state index contributed by atoms with van der Waals surface area (Å²) >= 11 is 0. The predicted octanol–water partition coefficient (Wildman–Crippen LogP) is 4.16. The summed E-state index contributed by atoms with van der Waals surface area (Å²) in [6.45, 7) is 11.8. The van der Waals surface area contributed by atoms with Crippen molar-refractivity contribution in [3.63, 3.8) is 0 Å². The van der Waals surface area contributed by atoms with Gasteiger partial charge in [-0.2, -0.15) is 0 Å². The fraction of sp³-hybridized carbons (Fsp3) is 0.944. The maximum atomic E-state index is 12.3. The van der Waals surface area contributed by atoms with Gasteiger partial charge in [0.1, 0.15) is 6.54 Å². The van der Waals surface area contributed by atoms with Crippen molar-refractivity contribution < 1.29 is 14.0 Å². The molecule has 1 saturated heterocycles. The molecule has 1 fully saturated rings. The second-order valence-electron chi connectivity index (χ2n) is 7.55. The molecule has 2 unspecified atom stereocenters. The van der Waals surface area contributed by atoms with Crippen molar-refractivity contribution in [1.82, 2.24) is 0 Å². The molecule has 0 aromatic rings. The summed E-state index contributed by atoms with van der Waals surface area (Å²) in [5, 5.41) is 0. The average molecular weight is 298 g/mol. The molecule has 1 rings (SSSR count). The second kappa shape index (κ2) is 8.17. The van der Waals surface area contributed by atoms with Crippen LogP contribution in [0.3, 0.4) is 0 Å². The van der Waals surface area contributed by atoms with Crippen LogP contribution < -0.4 is 0 Å². The number of quaternary nitrogens is 1. The predicted molar refractivity (Wildman–Crippen MR) is 88.1 cm³/mol. The first-order valence-electron chi connectivity index (χ1n) is 8.90. The Labute approximate surface area is 131 Å². The third kappa shape index (κ3) is 5.98. The van der Waals surface area contributed by atoms with Gasteiger partial charge in [-0.25, -0.2) is 0 Å². The zero-order valence-electron chi connectivity index (χ0n) is 14.9. The number of piperidine rings is 1. The number of carbonyl (C=O) groups excluding carboxylic acids is 1. The van der Waals surface area contributed by atoms with E-state index in [0.717, 1.165) is 36.7 Å². The number of hydrogen-bond donors (Lipinski definition) is 0. The molecule has 0 N–H and O–H groups in total.